The van der Waals surface area contributed by atoms with E-state index in [1.807, 2.05) is 0 Å². The number of rotatable bonds is 0. The number of allylic oxidation sites excluding steroid dienone is 2. The highest BCUT2D eigenvalue weighted by Gasteiger charge is 2.39. The van der Waals surface area contributed by atoms with Crippen LogP contribution in [0.15, 0.2) is 48.6 Å². The van der Waals surface area contributed by atoms with Crippen LogP contribution in [0.2, 0.25) is 0 Å². The fourth-order valence-electron chi connectivity index (χ4n) is 1.76. The summed E-state index contributed by atoms with van der Waals surface area (Å²) in [5.74, 6) is -1.45. The largest absolute Gasteiger partial charge is 0.444 e. The molecule has 2 aliphatic rings. The van der Waals surface area contributed by atoms with Gasteiger partial charge in [0.1, 0.15) is 11.3 Å². The third kappa shape index (κ3) is 1.54. The zero-order valence-corrected chi connectivity index (χ0v) is 8.75. The Labute approximate surface area is 97.1 Å². The average molecular weight is 228 g/mol. The molecule has 1 spiro atoms. The summed E-state index contributed by atoms with van der Waals surface area (Å²) in [5, 5.41) is 0. The molecule has 0 fully saturated rings. The third-order valence-corrected chi connectivity index (χ3v) is 2.59. The van der Waals surface area contributed by atoms with Crippen molar-refractivity contribution < 1.29 is 19.1 Å². The van der Waals surface area contributed by atoms with Crippen LogP contribution in [0.4, 0.5) is 0 Å². The van der Waals surface area contributed by atoms with Gasteiger partial charge in [-0.2, -0.15) is 0 Å². The molecule has 0 radical (unpaired) electrons. The predicted molar refractivity (Wildman–Crippen MR) is 58.5 cm³/mol. The van der Waals surface area contributed by atoms with Crippen molar-refractivity contribution in [3.8, 4) is 5.75 Å². The van der Waals surface area contributed by atoms with E-state index in [0.29, 0.717) is 11.3 Å². The molecule has 0 unspecified atom stereocenters. The van der Waals surface area contributed by atoms with Crippen LogP contribution in [0, 0.1) is 0 Å². The number of hydrogen-bond donors (Lipinski definition) is 0. The molecule has 4 nitrogen and oxygen atoms in total. The van der Waals surface area contributed by atoms with E-state index in [4.69, 9.17) is 9.47 Å². The van der Waals surface area contributed by atoms with Crippen LogP contribution in [0.1, 0.15) is 10.4 Å². The Morgan fingerprint density at radius 2 is 1.65 bits per heavy atom. The van der Waals surface area contributed by atoms with Gasteiger partial charge in [-0.15, -0.1) is 0 Å². The van der Waals surface area contributed by atoms with Gasteiger partial charge in [0.2, 0.25) is 0 Å². The zero-order chi connectivity index (χ0) is 11.9. The van der Waals surface area contributed by atoms with Gasteiger partial charge in [0.05, 0.1) is 0 Å². The molecule has 0 bridgehead atoms. The number of esters is 1. The van der Waals surface area contributed by atoms with Gasteiger partial charge >= 0.3 is 5.97 Å². The minimum absolute atomic E-state index is 0.158. The number of ether oxygens (including phenoxy) is 2. The number of fused-ring (bicyclic) bond motifs is 1. The summed E-state index contributed by atoms with van der Waals surface area (Å²) >= 11 is 0. The van der Waals surface area contributed by atoms with Gasteiger partial charge in [-0.25, -0.2) is 4.79 Å². The molecule has 3 rings (SSSR count). The van der Waals surface area contributed by atoms with Crippen molar-refractivity contribution in [3.63, 3.8) is 0 Å². The van der Waals surface area contributed by atoms with E-state index >= 15 is 0 Å². The number of benzene rings is 1. The SMILES string of the molecule is O=C1C=CC2(C=C1)OC(=O)c1ccccc1O2. The molecule has 17 heavy (non-hydrogen) atoms. The topological polar surface area (TPSA) is 52.6 Å². The number of carbonyl (C=O) groups is 2. The van der Waals surface area contributed by atoms with E-state index in [-0.39, 0.29) is 5.78 Å². The Hall–Kier alpha value is -2.36. The Bertz CT molecular complexity index is 553. The average Bonchev–Trinajstić information content (AvgIpc) is 2.34. The molecule has 84 valence electrons. The first-order valence-electron chi connectivity index (χ1n) is 5.12. The first-order chi connectivity index (χ1) is 8.19. The summed E-state index contributed by atoms with van der Waals surface area (Å²) in [4.78, 5) is 22.8. The Morgan fingerprint density at radius 1 is 0.941 bits per heavy atom. The summed E-state index contributed by atoms with van der Waals surface area (Å²) in [6, 6.07) is 6.83. The molecule has 1 aliphatic heterocycles. The highest BCUT2D eigenvalue weighted by atomic mass is 16.7. The van der Waals surface area contributed by atoms with E-state index in [9.17, 15) is 9.59 Å². The van der Waals surface area contributed by atoms with E-state index < -0.39 is 11.8 Å². The van der Waals surface area contributed by atoms with Gasteiger partial charge in [-0.3, -0.25) is 4.79 Å². The van der Waals surface area contributed by atoms with Crippen LogP contribution < -0.4 is 4.74 Å². The molecule has 0 atom stereocenters. The Balaban J connectivity index is 2.05. The number of para-hydroxylation sites is 1. The van der Waals surface area contributed by atoms with Crippen molar-refractivity contribution in [1.29, 1.82) is 0 Å². The Kier molecular flexibility index (Phi) is 1.92. The van der Waals surface area contributed by atoms with Gasteiger partial charge in [-0.1, -0.05) is 12.1 Å². The molecule has 0 saturated heterocycles. The summed E-state index contributed by atoms with van der Waals surface area (Å²) in [6.45, 7) is 0. The first-order valence-corrected chi connectivity index (χ1v) is 5.12. The van der Waals surface area contributed by atoms with Crippen molar-refractivity contribution in [2.75, 3.05) is 0 Å². The van der Waals surface area contributed by atoms with Crippen molar-refractivity contribution in [3.05, 3.63) is 54.1 Å². The lowest BCUT2D eigenvalue weighted by Gasteiger charge is -2.33. The lowest BCUT2D eigenvalue weighted by atomic mass is 10.1. The summed E-state index contributed by atoms with van der Waals surface area (Å²) < 4.78 is 10.8. The van der Waals surface area contributed by atoms with Crippen LogP contribution in [0.3, 0.4) is 0 Å². The number of hydrogen-bond acceptors (Lipinski definition) is 4. The second-order valence-corrected chi connectivity index (χ2v) is 3.78. The second kappa shape index (κ2) is 3.31. The van der Waals surface area contributed by atoms with Crippen LogP contribution in [0.25, 0.3) is 0 Å². The smallest absolute Gasteiger partial charge is 0.345 e. The highest BCUT2D eigenvalue weighted by molar-refractivity contribution is 6.01. The van der Waals surface area contributed by atoms with E-state index in [1.54, 1.807) is 24.3 Å². The molecule has 0 N–H and O–H groups in total. The first kappa shape index (κ1) is 9.84. The maximum atomic E-state index is 11.8. The van der Waals surface area contributed by atoms with Crippen molar-refractivity contribution in [2.24, 2.45) is 0 Å². The highest BCUT2D eigenvalue weighted by Crippen LogP contribution is 2.33. The maximum Gasteiger partial charge on any atom is 0.345 e. The standard InChI is InChI=1S/C13H8O4/c14-9-5-7-13(8-6-9)16-11-4-2-1-3-10(11)12(15)17-13/h1-8H. The van der Waals surface area contributed by atoms with Crippen LogP contribution >= 0.6 is 0 Å². The van der Waals surface area contributed by atoms with Crippen LogP contribution in [0.5, 0.6) is 5.75 Å². The summed E-state index contributed by atoms with van der Waals surface area (Å²) in [6.07, 6.45) is 5.51. The molecule has 0 amide bonds. The van der Waals surface area contributed by atoms with Crippen LogP contribution in [-0.2, 0) is 9.53 Å². The number of ketones is 1. The van der Waals surface area contributed by atoms with E-state index in [1.165, 1.54) is 24.3 Å². The predicted octanol–water partition coefficient (Wildman–Crippen LogP) is 1.63. The molecule has 1 aromatic rings. The molecule has 1 heterocycles. The minimum Gasteiger partial charge on any atom is -0.444 e. The van der Waals surface area contributed by atoms with Gasteiger partial charge < -0.3 is 9.47 Å². The minimum atomic E-state index is -1.28. The second-order valence-electron chi connectivity index (χ2n) is 3.78. The van der Waals surface area contributed by atoms with Gasteiger partial charge in [0, 0.05) is 12.2 Å². The van der Waals surface area contributed by atoms with E-state index in [0.717, 1.165) is 0 Å². The molecular formula is C13H8O4. The summed E-state index contributed by atoms with van der Waals surface area (Å²) in [7, 11) is 0. The van der Waals surface area contributed by atoms with Crippen molar-refractivity contribution >= 4 is 11.8 Å². The zero-order valence-electron chi connectivity index (χ0n) is 8.75. The van der Waals surface area contributed by atoms with Crippen molar-refractivity contribution in [1.82, 2.24) is 0 Å². The molecular weight excluding hydrogens is 220 g/mol. The normalized spacial score (nSPS) is 19.8. The quantitative estimate of drug-likeness (QED) is 0.633. The molecule has 0 aromatic heterocycles. The lowest BCUT2D eigenvalue weighted by Crippen LogP contribution is -2.42. The monoisotopic (exact) mass is 228 g/mol. The van der Waals surface area contributed by atoms with Crippen molar-refractivity contribution in [2.45, 2.75) is 5.79 Å². The third-order valence-electron chi connectivity index (χ3n) is 2.59. The molecule has 4 heteroatoms. The maximum absolute atomic E-state index is 11.8. The van der Waals surface area contributed by atoms with Crippen LogP contribution in [-0.4, -0.2) is 17.5 Å². The number of carbonyl (C=O) groups excluding carboxylic acids is 2. The fraction of sp³-hybridized carbons (Fsp3) is 0.0769. The molecule has 1 aromatic carbocycles. The van der Waals surface area contributed by atoms with Gasteiger partial charge in [0.25, 0.3) is 5.79 Å². The van der Waals surface area contributed by atoms with Gasteiger partial charge in [-0.05, 0) is 24.3 Å². The van der Waals surface area contributed by atoms with E-state index in [2.05, 4.69) is 0 Å². The lowest BCUT2D eigenvalue weighted by molar-refractivity contribution is -0.113. The molecule has 0 saturated carbocycles. The Morgan fingerprint density at radius 3 is 2.41 bits per heavy atom. The fourth-order valence-corrected chi connectivity index (χ4v) is 1.76. The molecule has 1 aliphatic carbocycles. The van der Waals surface area contributed by atoms with Gasteiger partial charge in [0.15, 0.2) is 5.78 Å². The summed E-state index contributed by atoms with van der Waals surface area (Å²) in [5.41, 5.74) is 0.386.